The molecule has 0 saturated heterocycles. The minimum absolute atomic E-state index is 0. The maximum Gasteiger partial charge on any atom is 0.306 e. The van der Waals surface area contributed by atoms with Gasteiger partial charge in [0.2, 0.25) is 0 Å². The summed E-state index contributed by atoms with van der Waals surface area (Å²) in [6.07, 6.45) is 3.81. The number of aromatic nitrogens is 1. The Bertz CT molecular complexity index is 1440. The average Bonchev–Trinajstić information content (AvgIpc) is 3.25. The van der Waals surface area contributed by atoms with Gasteiger partial charge >= 0.3 is 5.97 Å². The zero-order valence-electron chi connectivity index (χ0n) is 22.5. The summed E-state index contributed by atoms with van der Waals surface area (Å²) in [7, 11) is 0. The molecule has 212 valence electrons. The Morgan fingerprint density at radius 1 is 0.925 bits per heavy atom. The summed E-state index contributed by atoms with van der Waals surface area (Å²) in [6, 6.07) is 17.4. The zero-order chi connectivity index (χ0) is 27.4. The van der Waals surface area contributed by atoms with Gasteiger partial charge in [-0.25, -0.2) is 13.2 Å². The van der Waals surface area contributed by atoms with E-state index in [1.807, 2.05) is 6.92 Å². The van der Waals surface area contributed by atoms with Crippen molar-refractivity contribution in [3.8, 4) is 5.69 Å². The molecule has 0 N–H and O–H groups in total. The van der Waals surface area contributed by atoms with Crippen LogP contribution in [-0.2, 0) is 22.5 Å². The van der Waals surface area contributed by atoms with E-state index >= 15 is 0 Å². The Morgan fingerprint density at radius 2 is 1.60 bits per heavy atom. The number of hydrogen-bond acceptors (Lipinski definition) is 3. The summed E-state index contributed by atoms with van der Waals surface area (Å²) in [5.41, 5.74) is 4.76. The number of nitrogens with zero attached hydrogens (tertiary/aromatic N) is 2. The molecule has 4 nitrogen and oxygen atoms in total. The molecule has 0 spiro atoms. The second-order valence-electron chi connectivity index (χ2n) is 10.2. The van der Waals surface area contributed by atoms with Gasteiger partial charge in [-0.15, -0.1) is 12.4 Å². The molecule has 1 aliphatic heterocycles. The van der Waals surface area contributed by atoms with Crippen molar-refractivity contribution in [3.63, 3.8) is 0 Å². The summed E-state index contributed by atoms with van der Waals surface area (Å²) in [4.78, 5) is 14.7. The number of unbranched alkanes of at least 4 members (excludes halogenated alkanes) is 1. The summed E-state index contributed by atoms with van der Waals surface area (Å²) < 4.78 is 49.3. The van der Waals surface area contributed by atoms with Gasteiger partial charge in [-0.2, -0.15) is 0 Å². The summed E-state index contributed by atoms with van der Waals surface area (Å²) >= 11 is 0. The highest BCUT2D eigenvalue weighted by Gasteiger charge is 2.25. The molecule has 1 aliphatic rings. The second-order valence-corrected chi connectivity index (χ2v) is 10.2. The minimum Gasteiger partial charge on any atom is -0.457 e. The fourth-order valence-corrected chi connectivity index (χ4v) is 5.47. The van der Waals surface area contributed by atoms with E-state index in [1.54, 1.807) is 36.4 Å². The third kappa shape index (κ3) is 6.70. The van der Waals surface area contributed by atoms with Crippen LogP contribution in [0, 0.1) is 17.5 Å². The molecule has 0 amide bonds. The van der Waals surface area contributed by atoms with Crippen LogP contribution in [0.2, 0.25) is 0 Å². The first kappa shape index (κ1) is 29.7. The van der Waals surface area contributed by atoms with Crippen molar-refractivity contribution >= 4 is 29.3 Å². The summed E-state index contributed by atoms with van der Waals surface area (Å²) in [6.45, 7) is 4.30. The lowest BCUT2D eigenvalue weighted by atomic mass is 10.0. The molecule has 0 bridgehead atoms. The van der Waals surface area contributed by atoms with Crippen molar-refractivity contribution in [1.29, 1.82) is 0 Å². The Hall–Kier alpha value is -3.29. The molecule has 2 heterocycles. The lowest BCUT2D eigenvalue weighted by Gasteiger charge is -2.29. The van der Waals surface area contributed by atoms with E-state index in [9.17, 15) is 18.0 Å². The molecule has 0 radical (unpaired) electrons. The predicted octanol–water partition coefficient (Wildman–Crippen LogP) is 8.08. The lowest BCUT2D eigenvalue weighted by Crippen LogP contribution is -2.32. The maximum absolute atomic E-state index is 14.3. The van der Waals surface area contributed by atoms with Crippen molar-refractivity contribution in [2.24, 2.45) is 0 Å². The molecule has 0 aliphatic carbocycles. The average molecular weight is 571 g/mol. The minimum atomic E-state index is -0.426. The predicted molar refractivity (Wildman–Crippen MR) is 153 cm³/mol. The third-order valence-electron chi connectivity index (χ3n) is 7.46. The summed E-state index contributed by atoms with van der Waals surface area (Å²) in [5.74, 6) is -1.14. The molecule has 5 rings (SSSR count). The fraction of sp³-hybridized carbons (Fsp3) is 0.344. The third-order valence-corrected chi connectivity index (χ3v) is 7.46. The normalized spacial score (nSPS) is 14.0. The quantitative estimate of drug-likeness (QED) is 0.181. The van der Waals surface area contributed by atoms with Crippen LogP contribution >= 0.6 is 12.4 Å². The number of carbonyl (C=O) groups is 1. The van der Waals surface area contributed by atoms with Crippen molar-refractivity contribution in [2.75, 3.05) is 13.1 Å². The lowest BCUT2D eigenvalue weighted by molar-refractivity contribution is -0.150. The number of carbonyl (C=O) groups excluding carboxylic acids is 1. The van der Waals surface area contributed by atoms with Crippen LogP contribution in [-0.4, -0.2) is 28.5 Å². The molecule has 8 heteroatoms. The molecule has 0 fully saturated rings. The summed E-state index contributed by atoms with van der Waals surface area (Å²) in [5, 5.41) is 0.869. The van der Waals surface area contributed by atoms with Crippen molar-refractivity contribution in [1.82, 2.24) is 9.47 Å². The largest absolute Gasteiger partial charge is 0.457 e. The van der Waals surface area contributed by atoms with Gasteiger partial charge in [0.25, 0.3) is 0 Å². The fourth-order valence-electron chi connectivity index (χ4n) is 5.47. The standard InChI is InChI=1S/C32H33F3N2O2.ClH/c1-2-3-6-32(38)39-31(22-7-9-23(33)10-8-22)5-4-18-36-19-17-30-28(21-36)27-20-25(35)13-16-29(27)37(30)26-14-11-24(34)12-15-26;/h7-16,20,31H,2-6,17-19,21H2,1H3;1H. The molecule has 1 unspecified atom stereocenters. The SMILES string of the molecule is CCCCC(=O)OC(CCCN1CCc2c(c3cc(F)ccc3n2-c2ccc(F)cc2)C1)c1ccc(F)cc1.Cl. The highest BCUT2D eigenvalue weighted by molar-refractivity contribution is 5.87. The van der Waals surface area contributed by atoms with Crippen LogP contribution in [0.4, 0.5) is 13.2 Å². The van der Waals surface area contributed by atoms with Gasteiger partial charge < -0.3 is 9.30 Å². The van der Waals surface area contributed by atoms with Gasteiger partial charge in [-0.1, -0.05) is 25.5 Å². The van der Waals surface area contributed by atoms with E-state index in [0.29, 0.717) is 19.4 Å². The van der Waals surface area contributed by atoms with Gasteiger partial charge in [-0.05, 0) is 91.5 Å². The van der Waals surface area contributed by atoms with Gasteiger partial charge in [0, 0.05) is 42.7 Å². The Labute approximate surface area is 239 Å². The molecular formula is C32H34ClF3N2O2. The van der Waals surface area contributed by atoms with Gasteiger partial charge in [0.1, 0.15) is 23.6 Å². The van der Waals surface area contributed by atoms with E-state index in [4.69, 9.17) is 4.74 Å². The van der Waals surface area contributed by atoms with Crippen molar-refractivity contribution < 1.29 is 22.7 Å². The van der Waals surface area contributed by atoms with Crippen LogP contribution in [0.25, 0.3) is 16.6 Å². The highest BCUT2D eigenvalue weighted by Crippen LogP contribution is 2.34. The van der Waals surface area contributed by atoms with Gasteiger partial charge in [0.15, 0.2) is 0 Å². The molecule has 0 saturated carbocycles. The first-order valence-corrected chi connectivity index (χ1v) is 13.7. The first-order chi connectivity index (χ1) is 18.9. The zero-order valence-corrected chi connectivity index (χ0v) is 23.4. The van der Waals surface area contributed by atoms with Crippen LogP contribution in [0.1, 0.15) is 62.0 Å². The number of halogens is 4. The monoisotopic (exact) mass is 570 g/mol. The van der Waals surface area contributed by atoms with Crippen LogP contribution in [0.15, 0.2) is 66.7 Å². The van der Waals surface area contributed by atoms with E-state index in [2.05, 4.69) is 9.47 Å². The highest BCUT2D eigenvalue weighted by atomic mass is 35.5. The van der Waals surface area contributed by atoms with Crippen LogP contribution in [0.5, 0.6) is 0 Å². The Morgan fingerprint density at radius 3 is 2.30 bits per heavy atom. The molecular weight excluding hydrogens is 537 g/mol. The molecule has 1 atom stereocenters. The second kappa shape index (κ2) is 13.4. The number of hydrogen-bond donors (Lipinski definition) is 0. The molecule has 4 aromatic rings. The number of esters is 1. The van der Waals surface area contributed by atoms with E-state index < -0.39 is 6.10 Å². The van der Waals surface area contributed by atoms with Crippen LogP contribution < -0.4 is 0 Å². The maximum atomic E-state index is 14.3. The van der Waals surface area contributed by atoms with Gasteiger partial charge in [-0.3, -0.25) is 9.69 Å². The van der Waals surface area contributed by atoms with Crippen LogP contribution in [0.3, 0.4) is 0 Å². The smallest absolute Gasteiger partial charge is 0.306 e. The van der Waals surface area contributed by atoms with Gasteiger partial charge in [0.05, 0.1) is 5.52 Å². The molecule has 40 heavy (non-hydrogen) atoms. The van der Waals surface area contributed by atoms with E-state index in [1.165, 1.54) is 30.3 Å². The van der Waals surface area contributed by atoms with E-state index in [0.717, 1.165) is 72.2 Å². The Balaban J connectivity index is 0.00000370. The molecule has 1 aromatic heterocycles. The number of fused-ring (bicyclic) bond motifs is 3. The number of rotatable bonds is 10. The number of ether oxygens (including phenoxy) is 1. The van der Waals surface area contributed by atoms with E-state index in [-0.39, 0.29) is 35.8 Å². The van der Waals surface area contributed by atoms with Crippen molar-refractivity contribution in [2.45, 2.75) is 58.1 Å². The Kier molecular flexibility index (Phi) is 9.93. The molecule has 3 aromatic carbocycles. The first-order valence-electron chi connectivity index (χ1n) is 13.7. The van der Waals surface area contributed by atoms with Crippen molar-refractivity contribution in [3.05, 3.63) is 101 Å². The topological polar surface area (TPSA) is 34.5 Å². The number of benzene rings is 3.